The molecule has 0 aliphatic carbocycles. The Kier molecular flexibility index (Phi) is 6.51. The van der Waals surface area contributed by atoms with Gasteiger partial charge in [0.05, 0.1) is 0 Å². The molecule has 0 aromatic carbocycles. The molecule has 0 aliphatic rings. The summed E-state index contributed by atoms with van der Waals surface area (Å²) in [5.41, 5.74) is 0. The zero-order valence-electron chi connectivity index (χ0n) is 13.2. The first-order valence-electron chi connectivity index (χ1n) is 6.70. The fourth-order valence-electron chi connectivity index (χ4n) is 1.20. The SMILES string of the molecule is C=[C](CCCO[Si](C)(C)C(C)(C)C)[Sn]([CH3])([CH3])[CH3]. The van der Waals surface area contributed by atoms with E-state index < -0.39 is 26.7 Å². The molecule has 0 heterocycles. The standard InChI is InChI=1S/C11H23OSi.3CH3.Sn/c1-7-8-9-10-12-13(5,6)11(2,3)4;;;;/h1,8-10H2,2-6H3;3*1H3;. The van der Waals surface area contributed by atoms with Crippen molar-refractivity contribution in [2.45, 2.75) is 66.6 Å². The van der Waals surface area contributed by atoms with Crippen LogP contribution in [0, 0.1) is 0 Å². The van der Waals surface area contributed by atoms with Gasteiger partial charge in [0.2, 0.25) is 0 Å². The van der Waals surface area contributed by atoms with E-state index in [1.54, 1.807) is 0 Å². The molecule has 0 atom stereocenters. The van der Waals surface area contributed by atoms with Gasteiger partial charge in [0.15, 0.2) is 0 Å². The van der Waals surface area contributed by atoms with Crippen molar-refractivity contribution < 1.29 is 4.43 Å². The van der Waals surface area contributed by atoms with Crippen molar-refractivity contribution in [3.8, 4) is 0 Å². The predicted molar refractivity (Wildman–Crippen MR) is 84.9 cm³/mol. The third-order valence-corrected chi connectivity index (χ3v) is 15.3. The summed E-state index contributed by atoms with van der Waals surface area (Å²) in [4.78, 5) is 7.31. The van der Waals surface area contributed by atoms with Crippen LogP contribution in [0.15, 0.2) is 10.2 Å². The van der Waals surface area contributed by atoms with E-state index >= 15 is 0 Å². The molecule has 0 radical (unpaired) electrons. The van der Waals surface area contributed by atoms with Crippen LogP contribution in [0.5, 0.6) is 0 Å². The third kappa shape index (κ3) is 6.44. The van der Waals surface area contributed by atoms with E-state index in [1.807, 2.05) is 0 Å². The van der Waals surface area contributed by atoms with Crippen LogP contribution in [0.25, 0.3) is 0 Å². The first-order chi connectivity index (χ1) is 7.38. The summed E-state index contributed by atoms with van der Waals surface area (Å²) in [6.45, 7) is 16.7. The van der Waals surface area contributed by atoms with Gasteiger partial charge >= 0.3 is 114 Å². The molecule has 3 heteroatoms. The average Bonchev–Trinajstić information content (AvgIpc) is 2.08. The van der Waals surface area contributed by atoms with Gasteiger partial charge in [-0.15, -0.1) is 0 Å². The second kappa shape index (κ2) is 6.24. The van der Waals surface area contributed by atoms with Gasteiger partial charge in [0.1, 0.15) is 0 Å². The summed E-state index contributed by atoms with van der Waals surface area (Å²) in [6, 6.07) is 0. The molecule has 0 bridgehead atoms. The van der Waals surface area contributed by atoms with Crippen molar-refractivity contribution in [3.63, 3.8) is 0 Å². The number of rotatable bonds is 6. The summed E-state index contributed by atoms with van der Waals surface area (Å²) in [5, 5.41) is 0.327. The van der Waals surface area contributed by atoms with Crippen molar-refractivity contribution in [1.82, 2.24) is 0 Å². The molecule has 0 rings (SSSR count). The number of allylic oxidation sites excluding steroid dienone is 1. The zero-order chi connectivity index (χ0) is 13.9. The minimum absolute atomic E-state index is 0.327. The first kappa shape index (κ1) is 17.7. The molecule has 0 aliphatic heterocycles. The Labute approximate surface area is 114 Å². The van der Waals surface area contributed by atoms with Gasteiger partial charge in [-0.3, -0.25) is 0 Å². The Morgan fingerprint density at radius 2 is 1.65 bits per heavy atom. The molecule has 0 spiro atoms. The molecule has 0 saturated heterocycles. The van der Waals surface area contributed by atoms with Crippen LogP contribution < -0.4 is 0 Å². The third-order valence-electron chi connectivity index (χ3n) is 3.95. The maximum atomic E-state index is 6.18. The van der Waals surface area contributed by atoms with Crippen molar-refractivity contribution >= 4 is 26.7 Å². The summed E-state index contributed by atoms with van der Waals surface area (Å²) in [7, 11) is -1.54. The van der Waals surface area contributed by atoms with Crippen LogP contribution in [0.2, 0.25) is 33.0 Å². The van der Waals surface area contributed by atoms with E-state index in [-0.39, 0.29) is 0 Å². The molecule has 0 saturated carbocycles. The second-order valence-electron chi connectivity index (χ2n) is 7.57. The van der Waals surface area contributed by atoms with E-state index in [1.165, 1.54) is 10.0 Å². The van der Waals surface area contributed by atoms with E-state index in [4.69, 9.17) is 4.43 Å². The van der Waals surface area contributed by atoms with Crippen molar-refractivity contribution in [2.75, 3.05) is 6.61 Å². The van der Waals surface area contributed by atoms with Crippen molar-refractivity contribution in [3.05, 3.63) is 10.2 Å². The van der Waals surface area contributed by atoms with Crippen LogP contribution in [0.3, 0.4) is 0 Å². The van der Waals surface area contributed by atoms with Crippen LogP contribution >= 0.6 is 0 Å². The Morgan fingerprint density at radius 3 is 2.00 bits per heavy atom. The minimum atomic E-state index is -1.83. The van der Waals surface area contributed by atoms with E-state index in [9.17, 15) is 0 Å². The van der Waals surface area contributed by atoms with Crippen LogP contribution in [-0.4, -0.2) is 33.3 Å². The molecule has 0 aromatic rings. The summed E-state index contributed by atoms with van der Waals surface area (Å²) >= 11 is -1.83. The molecule has 0 fully saturated rings. The monoisotopic (exact) mass is 364 g/mol. The molecule has 0 N–H and O–H groups in total. The normalized spacial score (nSPS) is 13.9. The molecule has 17 heavy (non-hydrogen) atoms. The average molecular weight is 363 g/mol. The van der Waals surface area contributed by atoms with Gasteiger partial charge in [-0.1, -0.05) is 0 Å². The van der Waals surface area contributed by atoms with E-state index in [0.717, 1.165) is 13.0 Å². The molecular weight excluding hydrogens is 331 g/mol. The van der Waals surface area contributed by atoms with Gasteiger partial charge in [-0.25, -0.2) is 0 Å². The molecule has 0 amide bonds. The summed E-state index contributed by atoms with van der Waals surface area (Å²) in [5.74, 6) is 0. The van der Waals surface area contributed by atoms with Crippen molar-refractivity contribution in [2.24, 2.45) is 0 Å². The van der Waals surface area contributed by atoms with Gasteiger partial charge < -0.3 is 0 Å². The molecular formula is C14H32OSiSn. The Morgan fingerprint density at radius 1 is 1.18 bits per heavy atom. The van der Waals surface area contributed by atoms with E-state index in [0.29, 0.717) is 5.04 Å². The van der Waals surface area contributed by atoms with Gasteiger partial charge in [0, 0.05) is 0 Å². The Balaban J connectivity index is 3.99. The van der Waals surface area contributed by atoms with Crippen molar-refractivity contribution in [1.29, 1.82) is 0 Å². The van der Waals surface area contributed by atoms with Crippen LogP contribution in [-0.2, 0) is 4.43 Å². The molecule has 0 unspecified atom stereocenters. The van der Waals surface area contributed by atoms with Gasteiger partial charge in [0.25, 0.3) is 0 Å². The number of hydrogen-bond donors (Lipinski definition) is 0. The summed E-state index contributed by atoms with van der Waals surface area (Å²) < 4.78 is 7.72. The fraction of sp³-hybridized carbons (Fsp3) is 0.857. The Hall–Kier alpha value is 0.716. The van der Waals surface area contributed by atoms with Gasteiger partial charge in [-0.2, -0.15) is 0 Å². The second-order valence-corrected chi connectivity index (χ2v) is 27.2. The molecule has 1 nitrogen and oxygen atoms in total. The fourth-order valence-corrected chi connectivity index (χ4v) is 4.94. The summed E-state index contributed by atoms with van der Waals surface area (Å²) in [6.07, 6.45) is 2.33. The topological polar surface area (TPSA) is 9.23 Å². The van der Waals surface area contributed by atoms with Gasteiger partial charge in [-0.05, 0) is 0 Å². The first-order valence-corrected chi connectivity index (χ1v) is 19.6. The Bertz CT molecular complexity index is 258. The van der Waals surface area contributed by atoms with Crippen LogP contribution in [0.1, 0.15) is 33.6 Å². The molecule has 102 valence electrons. The molecule has 0 aromatic heterocycles. The maximum absolute atomic E-state index is 6.18. The zero-order valence-corrected chi connectivity index (χ0v) is 17.1. The predicted octanol–water partition coefficient (Wildman–Crippen LogP) is 5.22. The number of hydrogen-bond acceptors (Lipinski definition) is 1. The van der Waals surface area contributed by atoms with E-state index in [2.05, 4.69) is 55.3 Å². The van der Waals surface area contributed by atoms with Crippen LogP contribution in [0.4, 0.5) is 0 Å². The quantitative estimate of drug-likeness (QED) is 0.464.